The van der Waals surface area contributed by atoms with Crippen LogP contribution >= 0.6 is 23.1 Å². The van der Waals surface area contributed by atoms with E-state index in [0.29, 0.717) is 16.7 Å². The molecule has 1 aliphatic carbocycles. The van der Waals surface area contributed by atoms with Gasteiger partial charge in [-0.15, -0.1) is 10.2 Å². The topological polar surface area (TPSA) is 37.8 Å². The van der Waals surface area contributed by atoms with Crippen molar-refractivity contribution in [1.29, 1.82) is 0 Å². The van der Waals surface area contributed by atoms with Gasteiger partial charge in [-0.05, 0) is 31.2 Å². The zero-order valence-electron chi connectivity index (χ0n) is 10.8. The Hall–Kier alpha value is -0.130. The van der Waals surface area contributed by atoms with Gasteiger partial charge in [-0.2, -0.15) is 0 Å². The maximum atomic E-state index is 4.16. The third-order valence-electron chi connectivity index (χ3n) is 3.39. The number of hydrogen-bond donors (Lipinski definition) is 1. The smallest absolute Gasteiger partial charge is 0.174 e. The number of hydrogen-bond acceptors (Lipinski definition) is 5. The molecule has 0 aliphatic heterocycles. The first kappa shape index (κ1) is 13.3. The Morgan fingerprint density at radius 1 is 1.59 bits per heavy atom. The number of aromatic nitrogens is 2. The number of rotatable bonds is 4. The van der Waals surface area contributed by atoms with E-state index in [2.05, 4.69) is 36.3 Å². The molecule has 2 atom stereocenters. The van der Waals surface area contributed by atoms with Crippen LogP contribution in [0.25, 0.3) is 0 Å². The summed E-state index contributed by atoms with van der Waals surface area (Å²) in [6.45, 7) is 8.00. The van der Waals surface area contributed by atoms with Gasteiger partial charge in [0.2, 0.25) is 0 Å². The fourth-order valence-corrected chi connectivity index (χ4v) is 4.77. The van der Waals surface area contributed by atoms with Gasteiger partial charge in [-0.1, -0.05) is 43.9 Å². The number of nitrogens with zero attached hydrogens (tertiary/aromatic N) is 2. The maximum Gasteiger partial charge on any atom is 0.174 e. The molecule has 2 unspecified atom stereocenters. The van der Waals surface area contributed by atoms with Gasteiger partial charge in [0.15, 0.2) is 4.34 Å². The summed E-state index contributed by atoms with van der Waals surface area (Å²) in [6.07, 6.45) is 3.85. The van der Waals surface area contributed by atoms with Crippen molar-refractivity contribution in [2.75, 3.05) is 6.54 Å². The van der Waals surface area contributed by atoms with Crippen LogP contribution in [0.5, 0.6) is 0 Å². The summed E-state index contributed by atoms with van der Waals surface area (Å²) in [7, 11) is 0. The zero-order valence-corrected chi connectivity index (χ0v) is 12.4. The first-order chi connectivity index (χ1) is 8.11. The van der Waals surface area contributed by atoms with E-state index in [1.54, 1.807) is 11.3 Å². The van der Waals surface area contributed by atoms with Crippen molar-refractivity contribution in [2.24, 2.45) is 5.41 Å². The number of nitrogens with one attached hydrogen (secondary N) is 1. The van der Waals surface area contributed by atoms with Crippen LogP contribution in [0.2, 0.25) is 0 Å². The highest BCUT2D eigenvalue weighted by Crippen LogP contribution is 2.42. The Labute approximate surface area is 112 Å². The Kier molecular flexibility index (Phi) is 4.44. The molecule has 0 bridgehead atoms. The van der Waals surface area contributed by atoms with Crippen LogP contribution in [0.15, 0.2) is 9.85 Å². The summed E-state index contributed by atoms with van der Waals surface area (Å²) in [5, 5.41) is 12.3. The van der Waals surface area contributed by atoms with Crippen LogP contribution in [-0.2, 0) is 0 Å². The molecule has 1 saturated carbocycles. The molecular weight excluding hydrogens is 250 g/mol. The van der Waals surface area contributed by atoms with E-state index in [4.69, 9.17) is 0 Å². The van der Waals surface area contributed by atoms with Crippen LogP contribution in [0.3, 0.4) is 0 Å². The van der Waals surface area contributed by atoms with Crippen LogP contribution in [0, 0.1) is 5.41 Å². The summed E-state index contributed by atoms with van der Waals surface area (Å²) < 4.78 is 1.11. The molecule has 5 heteroatoms. The van der Waals surface area contributed by atoms with Crippen LogP contribution in [0.4, 0.5) is 0 Å². The van der Waals surface area contributed by atoms with Gasteiger partial charge < -0.3 is 5.32 Å². The summed E-state index contributed by atoms with van der Waals surface area (Å²) >= 11 is 3.55. The third-order valence-corrected chi connectivity index (χ3v) is 5.53. The van der Waals surface area contributed by atoms with E-state index < -0.39 is 0 Å². The quantitative estimate of drug-likeness (QED) is 0.912. The second kappa shape index (κ2) is 5.67. The molecule has 0 spiro atoms. The SMILES string of the molecule is CCNC1CCC(C)(C)CC1Sc1nncs1. The van der Waals surface area contributed by atoms with Crippen molar-refractivity contribution >= 4 is 23.1 Å². The highest BCUT2D eigenvalue weighted by molar-refractivity contribution is 8.01. The summed E-state index contributed by atoms with van der Waals surface area (Å²) in [5.74, 6) is 0. The molecule has 2 rings (SSSR count). The monoisotopic (exact) mass is 271 g/mol. The summed E-state index contributed by atoms with van der Waals surface area (Å²) in [5.41, 5.74) is 2.28. The van der Waals surface area contributed by atoms with Gasteiger partial charge in [-0.3, -0.25) is 0 Å². The first-order valence-electron chi connectivity index (χ1n) is 6.27. The van der Waals surface area contributed by atoms with Crippen molar-refractivity contribution in [3.63, 3.8) is 0 Å². The molecule has 0 amide bonds. The predicted molar refractivity (Wildman–Crippen MR) is 74.7 cm³/mol. The van der Waals surface area contributed by atoms with Gasteiger partial charge >= 0.3 is 0 Å². The minimum Gasteiger partial charge on any atom is -0.313 e. The normalized spacial score (nSPS) is 28.2. The molecule has 1 aromatic rings. The molecule has 3 nitrogen and oxygen atoms in total. The van der Waals surface area contributed by atoms with E-state index in [9.17, 15) is 0 Å². The van der Waals surface area contributed by atoms with E-state index in [1.165, 1.54) is 19.3 Å². The molecular formula is C12H21N3S2. The average molecular weight is 271 g/mol. The van der Waals surface area contributed by atoms with Crippen molar-refractivity contribution < 1.29 is 0 Å². The Morgan fingerprint density at radius 2 is 2.41 bits per heavy atom. The largest absolute Gasteiger partial charge is 0.313 e. The lowest BCUT2D eigenvalue weighted by Gasteiger charge is -2.40. The predicted octanol–water partition coefficient (Wildman–Crippen LogP) is 3.19. The Morgan fingerprint density at radius 3 is 3.06 bits per heavy atom. The summed E-state index contributed by atoms with van der Waals surface area (Å²) in [4.78, 5) is 0. The van der Waals surface area contributed by atoms with Crippen molar-refractivity contribution in [3.05, 3.63) is 5.51 Å². The van der Waals surface area contributed by atoms with E-state index >= 15 is 0 Å². The van der Waals surface area contributed by atoms with E-state index in [1.807, 2.05) is 17.3 Å². The lowest BCUT2D eigenvalue weighted by Crippen LogP contribution is -2.44. The van der Waals surface area contributed by atoms with E-state index in [0.717, 1.165) is 10.9 Å². The number of thioether (sulfide) groups is 1. The fraction of sp³-hybridized carbons (Fsp3) is 0.833. The van der Waals surface area contributed by atoms with Crippen LogP contribution in [0.1, 0.15) is 40.0 Å². The molecule has 1 aliphatic rings. The van der Waals surface area contributed by atoms with Crippen molar-refractivity contribution in [3.8, 4) is 0 Å². The minimum absolute atomic E-state index is 0.467. The lowest BCUT2D eigenvalue weighted by atomic mass is 9.75. The van der Waals surface area contributed by atoms with Crippen molar-refractivity contribution in [2.45, 2.75) is 55.7 Å². The Bertz CT molecular complexity index is 338. The van der Waals surface area contributed by atoms with Crippen LogP contribution < -0.4 is 5.32 Å². The molecule has 1 aromatic heterocycles. The highest BCUT2D eigenvalue weighted by atomic mass is 32.2. The standard InChI is InChI=1S/C12H21N3S2/c1-4-13-9-5-6-12(2,3)7-10(9)17-11-15-14-8-16-11/h8-10,13H,4-7H2,1-3H3. The first-order valence-corrected chi connectivity index (χ1v) is 8.03. The lowest BCUT2D eigenvalue weighted by molar-refractivity contribution is 0.215. The molecule has 0 saturated heterocycles. The molecule has 1 fully saturated rings. The third kappa shape index (κ3) is 3.66. The van der Waals surface area contributed by atoms with Gasteiger partial charge in [0.1, 0.15) is 5.51 Å². The molecule has 96 valence electrons. The fourth-order valence-electron chi connectivity index (χ4n) is 2.48. The molecule has 1 N–H and O–H groups in total. The molecule has 17 heavy (non-hydrogen) atoms. The van der Waals surface area contributed by atoms with Crippen LogP contribution in [-0.4, -0.2) is 28.0 Å². The van der Waals surface area contributed by atoms with Gasteiger partial charge in [0.25, 0.3) is 0 Å². The Balaban J connectivity index is 2.02. The highest BCUT2D eigenvalue weighted by Gasteiger charge is 2.35. The summed E-state index contributed by atoms with van der Waals surface area (Å²) in [6, 6.07) is 0.627. The maximum absolute atomic E-state index is 4.16. The van der Waals surface area contributed by atoms with Gasteiger partial charge in [0, 0.05) is 11.3 Å². The van der Waals surface area contributed by atoms with Crippen molar-refractivity contribution in [1.82, 2.24) is 15.5 Å². The zero-order chi connectivity index (χ0) is 12.3. The molecule has 0 aromatic carbocycles. The van der Waals surface area contributed by atoms with Gasteiger partial charge in [0.05, 0.1) is 0 Å². The second-order valence-electron chi connectivity index (χ2n) is 5.43. The minimum atomic E-state index is 0.467. The van der Waals surface area contributed by atoms with Gasteiger partial charge in [-0.25, -0.2) is 0 Å². The average Bonchev–Trinajstić information content (AvgIpc) is 2.74. The molecule has 0 radical (unpaired) electrons. The molecule has 1 heterocycles. The van der Waals surface area contributed by atoms with E-state index in [-0.39, 0.29) is 0 Å². The second-order valence-corrected chi connectivity index (χ2v) is 7.75.